The Balaban J connectivity index is 2.63. The van der Waals surface area contributed by atoms with Crippen LogP contribution in [0.5, 0.6) is 0 Å². The van der Waals surface area contributed by atoms with E-state index in [0.29, 0.717) is 0 Å². The molecule has 0 aromatic carbocycles. The van der Waals surface area contributed by atoms with Crippen molar-refractivity contribution in [3.05, 3.63) is 48.0 Å². The number of unbranched alkanes of at least 4 members (excludes halogenated alkanes) is 2. The Bertz CT molecular complexity index is 263. The van der Waals surface area contributed by atoms with E-state index in [9.17, 15) is 0 Å². The quantitative estimate of drug-likeness (QED) is 0.609. The largest absolute Gasteiger partial charge is 0.125 e. The summed E-state index contributed by atoms with van der Waals surface area (Å²) in [4.78, 5) is 0. The maximum absolute atomic E-state index is 2.35. The van der Waals surface area contributed by atoms with Crippen LogP contribution < -0.4 is 0 Å². The van der Waals surface area contributed by atoms with Crippen molar-refractivity contribution in [2.45, 2.75) is 32.3 Å². The predicted octanol–water partition coefficient (Wildman–Crippen LogP) is 4.99. The molecule has 0 spiro atoms. The van der Waals surface area contributed by atoms with E-state index in [2.05, 4.69) is 54.9 Å². The molecule has 1 rings (SSSR count). The number of aryl methyl sites for hydroxylation is 1. The highest BCUT2D eigenvalue weighted by atomic mass is 31.1. The molecule has 0 N–H and O–H groups in total. The highest BCUT2D eigenvalue weighted by Crippen LogP contribution is 2.27. The molecule has 1 aromatic rings. The van der Waals surface area contributed by atoms with Gasteiger partial charge in [0.2, 0.25) is 0 Å². The van der Waals surface area contributed by atoms with Crippen molar-refractivity contribution >= 4 is 7.53 Å². The summed E-state index contributed by atoms with van der Waals surface area (Å²) in [5, 5.41) is 0. The minimum atomic E-state index is -0.00765. The van der Waals surface area contributed by atoms with Gasteiger partial charge in [-0.2, -0.15) is 0 Å². The molecule has 14 heavy (non-hydrogen) atoms. The third-order valence-corrected chi connectivity index (χ3v) is 4.07. The SMILES string of the molecule is CCCCCp1cccccccc1. The second-order valence-electron chi connectivity index (χ2n) is 3.40. The molecule has 0 atom stereocenters. The second kappa shape index (κ2) is 7.64. The lowest BCUT2D eigenvalue weighted by Crippen LogP contribution is -1.71. The standard InChI is InChI=1S/C13H19P/c1-2-3-8-11-14-12-9-6-4-5-7-10-13-14/h4-7,9-10,12-13H,2-3,8,11H2,1H3. The van der Waals surface area contributed by atoms with Gasteiger partial charge in [0.15, 0.2) is 0 Å². The van der Waals surface area contributed by atoms with E-state index >= 15 is 0 Å². The maximum Gasteiger partial charge on any atom is -0.0141 e. The van der Waals surface area contributed by atoms with Gasteiger partial charge in [-0.05, 0) is 24.2 Å². The molecule has 0 aliphatic carbocycles. The fraction of sp³-hybridized carbons (Fsp3) is 0.385. The van der Waals surface area contributed by atoms with Gasteiger partial charge in [0.25, 0.3) is 0 Å². The Hall–Kier alpha value is -0.740. The second-order valence-corrected chi connectivity index (χ2v) is 5.47. The molecule has 0 aliphatic heterocycles. The molecule has 0 saturated carbocycles. The molecular formula is C13H19P. The average molecular weight is 206 g/mol. The van der Waals surface area contributed by atoms with E-state index in [1.165, 1.54) is 25.4 Å². The lowest BCUT2D eigenvalue weighted by atomic mass is 10.3. The van der Waals surface area contributed by atoms with Crippen molar-refractivity contribution in [1.82, 2.24) is 0 Å². The summed E-state index contributed by atoms with van der Waals surface area (Å²) < 4.78 is 0. The molecule has 76 valence electrons. The first-order valence-corrected chi connectivity index (χ1v) is 7.04. The normalized spacial score (nSPS) is 9.50. The third kappa shape index (κ3) is 5.09. The Kier molecular flexibility index (Phi) is 6.19. The van der Waals surface area contributed by atoms with Gasteiger partial charge in [-0.15, -0.1) is 7.53 Å². The molecule has 0 fully saturated rings. The number of rotatable bonds is 4. The summed E-state index contributed by atoms with van der Waals surface area (Å²) in [6.07, 6.45) is 5.39. The molecule has 0 amide bonds. The molecule has 0 nitrogen and oxygen atoms in total. The molecule has 1 aromatic heterocycles. The lowest BCUT2D eigenvalue weighted by molar-refractivity contribution is 0.753. The van der Waals surface area contributed by atoms with Crippen LogP contribution in [0.3, 0.4) is 0 Å². The van der Waals surface area contributed by atoms with Crippen LogP contribution >= 0.6 is 7.53 Å². The Labute approximate surface area is 88.4 Å². The van der Waals surface area contributed by atoms with Crippen molar-refractivity contribution < 1.29 is 0 Å². The Morgan fingerprint density at radius 2 is 1.36 bits per heavy atom. The maximum atomic E-state index is 2.35. The fourth-order valence-corrected chi connectivity index (χ4v) is 2.95. The first-order valence-electron chi connectivity index (χ1n) is 5.37. The van der Waals surface area contributed by atoms with Crippen LogP contribution in [0.2, 0.25) is 0 Å². The van der Waals surface area contributed by atoms with E-state index < -0.39 is 0 Å². The molecule has 1 heteroatoms. The first kappa shape index (κ1) is 11.3. The monoisotopic (exact) mass is 206 g/mol. The van der Waals surface area contributed by atoms with Crippen LogP contribution in [0, 0.1) is 0 Å². The minimum absolute atomic E-state index is 0.00765. The van der Waals surface area contributed by atoms with E-state index in [1.807, 2.05) is 0 Å². The van der Waals surface area contributed by atoms with Crippen LogP contribution in [0.15, 0.2) is 48.0 Å². The highest BCUT2D eigenvalue weighted by molar-refractivity contribution is 7.47. The van der Waals surface area contributed by atoms with Gasteiger partial charge in [0, 0.05) is 0 Å². The summed E-state index contributed by atoms with van der Waals surface area (Å²) in [7, 11) is -0.00765. The summed E-state index contributed by atoms with van der Waals surface area (Å²) in [5.41, 5.74) is 0. The number of hydrogen-bond acceptors (Lipinski definition) is 0. The van der Waals surface area contributed by atoms with Crippen molar-refractivity contribution in [1.29, 1.82) is 0 Å². The van der Waals surface area contributed by atoms with E-state index in [-0.39, 0.29) is 7.53 Å². The zero-order chi connectivity index (χ0) is 10.1. The van der Waals surface area contributed by atoms with Crippen LogP contribution in [-0.2, 0) is 6.16 Å². The van der Waals surface area contributed by atoms with Gasteiger partial charge < -0.3 is 0 Å². The van der Waals surface area contributed by atoms with Crippen molar-refractivity contribution in [3.8, 4) is 0 Å². The van der Waals surface area contributed by atoms with E-state index in [1.54, 1.807) is 0 Å². The summed E-state index contributed by atoms with van der Waals surface area (Å²) in [6, 6.07) is 12.7. The van der Waals surface area contributed by atoms with Crippen LogP contribution in [0.4, 0.5) is 0 Å². The highest BCUT2D eigenvalue weighted by Gasteiger charge is 1.87. The molecule has 0 unspecified atom stereocenters. The number of hydrogen-bond donors (Lipinski definition) is 0. The van der Waals surface area contributed by atoms with Gasteiger partial charge in [0.1, 0.15) is 0 Å². The third-order valence-electron chi connectivity index (χ3n) is 2.13. The van der Waals surface area contributed by atoms with Gasteiger partial charge in [-0.3, -0.25) is 0 Å². The van der Waals surface area contributed by atoms with Crippen LogP contribution in [-0.4, -0.2) is 0 Å². The van der Waals surface area contributed by atoms with Crippen molar-refractivity contribution in [2.24, 2.45) is 0 Å². The first-order chi connectivity index (χ1) is 6.93. The van der Waals surface area contributed by atoms with E-state index in [0.717, 1.165) is 0 Å². The Morgan fingerprint density at radius 1 is 0.786 bits per heavy atom. The summed E-state index contributed by atoms with van der Waals surface area (Å²) >= 11 is 0. The molecule has 0 aliphatic rings. The summed E-state index contributed by atoms with van der Waals surface area (Å²) in [5.74, 6) is 4.70. The lowest BCUT2D eigenvalue weighted by Gasteiger charge is -1.97. The molecular weight excluding hydrogens is 187 g/mol. The smallest absolute Gasteiger partial charge is 0.0141 e. The van der Waals surface area contributed by atoms with Gasteiger partial charge in [0.05, 0.1) is 0 Å². The van der Waals surface area contributed by atoms with Gasteiger partial charge in [-0.25, -0.2) is 0 Å². The fourth-order valence-electron chi connectivity index (χ4n) is 1.32. The molecule has 0 bridgehead atoms. The predicted molar refractivity (Wildman–Crippen MR) is 66.3 cm³/mol. The van der Waals surface area contributed by atoms with Gasteiger partial charge in [-0.1, -0.05) is 56.2 Å². The van der Waals surface area contributed by atoms with Crippen LogP contribution in [0.25, 0.3) is 0 Å². The topological polar surface area (TPSA) is 0 Å². The Morgan fingerprint density at radius 3 is 1.93 bits per heavy atom. The molecule has 1 heterocycles. The van der Waals surface area contributed by atoms with Crippen molar-refractivity contribution in [2.75, 3.05) is 0 Å². The molecule has 0 radical (unpaired) electrons. The minimum Gasteiger partial charge on any atom is -0.125 e. The van der Waals surface area contributed by atoms with Crippen molar-refractivity contribution in [3.63, 3.8) is 0 Å². The summed E-state index contributed by atoms with van der Waals surface area (Å²) in [6.45, 7) is 2.26. The van der Waals surface area contributed by atoms with Crippen LogP contribution in [0.1, 0.15) is 26.2 Å². The van der Waals surface area contributed by atoms with E-state index in [4.69, 9.17) is 0 Å². The zero-order valence-electron chi connectivity index (χ0n) is 8.89. The average Bonchev–Trinajstić information content (AvgIpc) is 2.32. The van der Waals surface area contributed by atoms with Gasteiger partial charge >= 0.3 is 0 Å². The molecule has 0 saturated heterocycles. The zero-order valence-corrected chi connectivity index (χ0v) is 9.79.